The number of aromatic amines is 2. The standard InChI is InChI=1S/C46H32N4O2/c1-29(51)52-42-20-12-11-19-33(42)46-40-27-25-38(49-40)44(31-15-7-3-8-16-31)36-23-21-34(47-36)43(30-13-5-2-6-14-30)35-22-24-37(48-35)45(32-17-9-4-10-18-32)39-26-28-41(46)50-39/h2-28,47,50H,1H3. The smallest absolute Gasteiger partial charge is 0.308 e. The van der Waals surface area contributed by atoms with Gasteiger partial charge in [-0.05, 0) is 71.3 Å². The summed E-state index contributed by atoms with van der Waals surface area (Å²) >= 11 is 0. The third-order valence-electron chi connectivity index (χ3n) is 9.35. The minimum atomic E-state index is -0.392. The monoisotopic (exact) mass is 672 g/mol. The lowest BCUT2D eigenvalue weighted by atomic mass is 10.0. The molecule has 0 aliphatic carbocycles. The molecule has 7 aromatic rings. The third kappa shape index (κ3) is 5.62. The zero-order valence-corrected chi connectivity index (χ0v) is 28.3. The van der Waals surface area contributed by atoms with Gasteiger partial charge in [-0.15, -0.1) is 0 Å². The number of rotatable bonds is 5. The molecule has 0 amide bonds. The number of esters is 1. The summed E-state index contributed by atoms with van der Waals surface area (Å²) in [5, 5.41) is 0. The fourth-order valence-electron chi connectivity index (χ4n) is 7.13. The summed E-state index contributed by atoms with van der Waals surface area (Å²) in [5.41, 5.74) is 14.5. The highest BCUT2D eigenvalue weighted by Gasteiger charge is 2.20. The van der Waals surface area contributed by atoms with Crippen LogP contribution in [-0.2, 0) is 4.79 Å². The van der Waals surface area contributed by atoms with E-state index in [9.17, 15) is 4.79 Å². The van der Waals surface area contributed by atoms with Crippen molar-refractivity contribution in [1.82, 2.24) is 19.9 Å². The van der Waals surface area contributed by atoms with Gasteiger partial charge < -0.3 is 14.7 Å². The van der Waals surface area contributed by atoms with Crippen LogP contribution in [0, 0.1) is 0 Å². The molecule has 2 aliphatic rings. The summed E-state index contributed by atoms with van der Waals surface area (Å²) in [6.45, 7) is 1.42. The van der Waals surface area contributed by atoms with Gasteiger partial charge in [-0.25, -0.2) is 9.97 Å². The Hall–Kier alpha value is -7.05. The second kappa shape index (κ2) is 13.0. The fraction of sp³-hybridized carbons (Fsp3) is 0.0217. The molecule has 0 atom stereocenters. The zero-order chi connectivity index (χ0) is 35.0. The van der Waals surface area contributed by atoms with E-state index in [1.165, 1.54) is 6.92 Å². The Morgan fingerprint density at radius 1 is 0.442 bits per heavy atom. The molecule has 0 saturated heterocycles. The van der Waals surface area contributed by atoms with Crippen molar-refractivity contribution in [3.8, 4) is 50.3 Å². The summed E-state index contributed by atoms with van der Waals surface area (Å²) in [5.74, 6) is 0.0660. The number of fused-ring (bicyclic) bond motifs is 8. The number of nitrogens with zero attached hydrogens (tertiary/aromatic N) is 2. The maximum absolute atomic E-state index is 12.3. The van der Waals surface area contributed by atoms with Crippen molar-refractivity contribution in [2.24, 2.45) is 0 Å². The lowest BCUT2D eigenvalue weighted by Crippen LogP contribution is -2.03. The minimum Gasteiger partial charge on any atom is -0.426 e. The van der Waals surface area contributed by atoms with Crippen molar-refractivity contribution in [3.05, 3.63) is 162 Å². The lowest BCUT2D eigenvalue weighted by Gasteiger charge is -2.10. The number of aromatic nitrogens is 4. The van der Waals surface area contributed by atoms with Crippen molar-refractivity contribution in [2.45, 2.75) is 6.92 Å². The Labute approximate surface area is 300 Å². The van der Waals surface area contributed by atoms with Crippen molar-refractivity contribution in [2.75, 3.05) is 0 Å². The van der Waals surface area contributed by atoms with Crippen LogP contribution in [0.1, 0.15) is 29.7 Å². The van der Waals surface area contributed by atoms with Crippen LogP contribution in [0.5, 0.6) is 5.75 Å². The molecule has 8 bridgehead atoms. The Morgan fingerprint density at radius 2 is 0.788 bits per heavy atom. The average molecular weight is 673 g/mol. The molecular weight excluding hydrogens is 641 g/mol. The maximum Gasteiger partial charge on any atom is 0.308 e. The summed E-state index contributed by atoms with van der Waals surface area (Å²) in [6.07, 6.45) is 8.29. The van der Waals surface area contributed by atoms with E-state index in [0.717, 1.165) is 89.4 Å². The van der Waals surface area contributed by atoms with Gasteiger partial charge in [0, 0.05) is 56.8 Å². The summed E-state index contributed by atoms with van der Waals surface area (Å²) in [7, 11) is 0. The molecule has 5 heterocycles. The molecular formula is C46H32N4O2. The van der Waals surface area contributed by atoms with Gasteiger partial charge in [0.15, 0.2) is 0 Å². The van der Waals surface area contributed by atoms with Gasteiger partial charge in [0.25, 0.3) is 0 Å². The molecule has 0 saturated carbocycles. The highest BCUT2D eigenvalue weighted by Crippen LogP contribution is 2.40. The molecule has 0 radical (unpaired) electrons. The van der Waals surface area contributed by atoms with Crippen LogP contribution in [0.25, 0.3) is 90.9 Å². The van der Waals surface area contributed by atoms with E-state index in [2.05, 4.69) is 101 Å². The first-order valence-electron chi connectivity index (χ1n) is 17.2. The Balaban J connectivity index is 1.48. The minimum absolute atomic E-state index is 0.392. The molecule has 0 spiro atoms. The van der Waals surface area contributed by atoms with Crippen molar-refractivity contribution in [3.63, 3.8) is 0 Å². The predicted molar refractivity (Wildman–Crippen MR) is 212 cm³/mol. The Bertz CT molecular complexity index is 2690. The van der Waals surface area contributed by atoms with Crippen LogP contribution in [0.2, 0.25) is 0 Å². The van der Waals surface area contributed by atoms with E-state index in [-0.39, 0.29) is 0 Å². The average Bonchev–Trinajstić information content (AvgIpc) is 4.01. The van der Waals surface area contributed by atoms with Crippen LogP contribution >= 0.6 is 0 Å². The Morgan fingerprint density at radius 3 is 1.19 bits per heavy atom. The largest absolute Gasteiger partial charge is 0.426 e. The van der Waals surface area contributed by atoms with Crippen LogP contribution in [0.3, 0.4) is 0 Å². The van der Waals surface area contributed by atoms with Gasteiger partial charge in [-0.3, -0.25) is 4.79 Å². The molecule has 248 valence electrons. The molecule has 2 N–H and O–H groups in total. The first kappa shape index (κ1) is 31.0. The molecule has 3 aromatic heterocycles. The number of ether oxygens (including phenoxy) is 1. The molecule has 6 heteroatoms. The number of hydrogen-bond donors (Lipinski definition) is 2. The van der Waals surface area contributed by atoms with Crippen molar-refractivity contribution < 1.29 is 9.53 Å². The van der Waals surface area contributed by atoms with Gasteiger partial charge in [0.05, 0.1) is 22.8 Å². The number of para-hydroxylation sites is 1. The lowest BCUT2D eigenvalue weighted by molar-refractivity contribution is -0.131. The molecule has 0 unspecified atom stereocenters. The number of H-pyrrole nitrogens is 2. The van der Waals surface area contributed by atoms with E-state index < -0.39 is 5.97 Å². The number of carbonyl (C=O) groups excluding carboxylic acids is 1. The second-order valence-electron chi connectivity index (χ2n) is 12.7. The normalized spacial score (nSPS) is 11.9. The van der Waals surface area contributed by atoms with Gasteiger partial charge in [-0.2, -0.15) is 0 Å². The molecule has 2 aliphatic heterocycles. The van der Waals surface area contributed by atoms with Crippen LogP contribution < -0.4 is 4.74 Å². The van der Waals surface area contributed by atoms with Gasteiger partial charge in [0.2, 0.25) is 0 Å². The zero-order valence-electron chi connectivity index (χ0n) is 28.3. The van der Waals surface area contributed by atoms with E-state index in [0.29, 0.717) is 5.75 Å². The SMILES string of the molecule is CC(=O)Oc1ccccc1-c1c2nc(c(-c3ccccc3)c3ccc([nH]3)c(-c3ccccc3)c3nc(c(-c4ccccc4)c4ccc1[nH]4)C=C3)C=C2. The Kier molecular flexibility index (Phi) is 7.75. The summed E-state index contributed by atoms with van der Waals surface area (Å²) in [4.78, 5) is 30.5. The molecule has 0 fully saturated rings. The molecule has 6 nitrogen and oxygen atoms in total. The van der Waals surface area contributed by atoms with E-state index >= 15 is 0 Å². The predicted octanol–water partition coefficient (Wildman–Crippen LogP) is 11.2. The van der Waals surface area contributed by atoms with Crippen molar-refractivity contribution in [1.29, 1.82) is 0 Å². The number of benzene rings is 4. The van der Waals surface area contributed by atoms with E-state index in [4.69, 9.17) is 14.7 Å². The van der Waals surface area contributed by atoms with E-state index in [1.807, 2.05) is 72.8 Å². The maximum atomic E-state index is 12.3. The molecule has 9 rings (SSSR count). The second-order valence-corrected chi connectivity index (χ2v) is 12.7. The first-order chi connectivity index (χ1) is 25.6. The third-order valence-corrected chi connectivity index (χ3v) is 9.35. The summed E-state index contributed by atoms with van der Waals surface area (Å²) in [6, 6.07) is 47.0. The van der Waals surface area contributed by atoms with Crippen molar-refractivity contribution >= 4 is 52.3 Å². The molecule has 4 aromatic carbocycles. The van der Waals surface area contributed by atoms with Crippen LogP contribution in [-0.4, -0.2) is 25.9 Å². The van der Waals surface area contributed by atoms with Gasteiger partial charge in [0.1, 0.15) is 5.75 Å². The fourth-order valence-corrected chi connectivity index (χ4v) is 7.13. The highest BCUT2D eigenvalue weighted by molar-refractivity contribution is 6.00. The van der Waals surface area contributed by atoms with Gasteiger partial charge in [-0.1, -0.05) is 109 Å². The summed E-state index contributed by atoms with van der Waals surface area (Å²) < 4.78 is 5.77. The van der Waals surface area contributed by atoms with E-state index in [1.54, 1.807) is 0 Å². The molecule has 52 heavy (non-hydrogen) atoms. The van der Waals surface area contributed by atoms with Crippen LogP contribution in [0.15, 0.2) is 140 Å². The first-order valence-corrected chi connectivity index (χ1v) is 17.2. The number of nitrogens with one attached hydrogen (secondary N) is 2. The van der Waals surface area contributed by atoms with Crippen LogP contribution in [0.4, 0.5) is 0 Å². The topological polar surface area (TPSA) is 83.7 Å². The quantitative estimate of drug-likeness (QED) is 0.141. The highest BCUT2D eigenvalue weighted by atomic mass is 16.5. The number of carbonyl (C=O) groups is 1. The van der Waals surface area contributed by atoms with Gasteiger partial charge >= 0.3 is 5.97 Å². The number of hydrogen-bond acceptors (Lipinski definition) is 4.